The van der Waals surface area contributed by atoms with Crippen LogP contribution in [0.1, 0.15) is 36.8 Å². The maximum absolute atomic E-state index is 13.1. The van der Waals surface area contributed by atoms with Crippen LogP contribution in [0.25, 0.3) is 5.82 Å². The molecule has 1 fully saturated rings. The van der Waals surface area contributed by atoms with Crippen molar-refractivity contribution in [3.8, 4) is 5.82 Å². The molecule has 0 unspecified atom stereocenters. The lowest BCUT2D eigenvalue weighted by Gasteiger charge is -2.28. The number of imidazole rings is 1. The molecule has 0 atom stereocenters. The number of benzene rings is 1. The van der Waals surface area contributed by atoms with Gasteiger partial charge in [0.05, 0.1) is 5.41 Å². The van der Waals surface area contributed by atoms with Crippen LogP contribution in [0.2, 0.25) is 0 Å². The number of aromatic nitrogens is 3. The van der Waals surface area contributed by atoms with Crippen LogP contribution in [0.4, 0.5) is 0 Å². The molecule has 27 heavy (non-hydrogen) atoms. The summed E-state index contributed by atoms with van der Waals surface area (Å²) in [6.45, 7) is 0.478. The van der Waals surface area contributed by atoms with Gasteiger partial charge in [-0.3, -0.25) is 9.36 Å². The number of halogens is 1. The first-order valence-electron chi connectivity index (χ1n) is 9.15. The highest BCUT2D eigenvalue weighted by molar-refractivity contribution is 9.10. The molecule has 1 aromatic carbocycles. The van der Waals surface area contributed by atoms with Crippen molar-refractivity contribution in [3.05, 3.63) is 76.9 Å². The second-order valence-electron chi connectivity index (χ2n) is 6.98. The second-order valence-corrected chi connectivity index (χ2v) is 7.89. The molecule has 2 aromatic heterocycles. The number of rotatable bonds is 5. The van der Waals surface area contributed by atoms with Crippen molar-refractivity contribution < 1.29 is 4.79 Å². The highest BCUT2D eigenvalue weighted by atomic mass is 79.9. The van der Waals surface area contributed by atoms with Crippen molar-refractivity contribution in [2.75, 3.05) is 0 Å². The monoisotopic (exact) mass is 424 g/mol. The molecule has 1 saturated carbocycles. The lowest BCUT2D eigenvalue weighted by atomic mass is 9.78. The number of nitrogens with one attached hydrogen (secondary N) is 1. The molecule has 138 valence electrons. The molecular weight excluding hydrogens is 404 g/mol. The summed E-state index contributed by atoms with van der Waals surface area (Å²) in [5.41, 5.74) is 1.66. The Hall–Kier alpha value is -2.47. The fourth-order valence-corrected chi connectivity index (χ4v) is 4.23. The Labute approximate surface area is 167 Å². The molecule has 5 nitrogen and oxygen atoms in total. The van der Waals surface area contributed by atoms with Gasteiger partial charge in [0, 0.05) is 29.6 Å². The molecule has 6 heteroatoms. The number of pyridine rings is 1. The molecule has 0 saturated heterocycles. The Balaban J connectivity index is 1.47. The van der Waals surface area contributed by atoms with E-state index in [-0.39, 0.29) is 5.91 Å². The third kappa shape index (κ3) is 3.67. The number of hydrogen-bond donors (Lipinski definition) is 1. The van der Waals surface area contributed by atoms with E-state index in [0.29, 0.717) is 6.54 Å². The first-order chi connectivity index (χ1) is 13.2. The average Bonchev–Trinajstić information content (AvgIpc) is 3.39. The molecule has 2 heterocycles. The van der Waals surface area contributed by atoms with E-state index in [9.17, 15) is 4.79 Å². The first kappa shape index (κ1) is 17.9. The topological polar surface area (TPSA) is 59.8 Å². The Morgan fingerprint density at radius 3 is 2.74 bits per heavy atom. The zero-order valence-electron chi connectivity index (χ0n) is 14.9. The van der Waals surface area contributed by atoms with Gasteiger partial charge in [-0.2, -0.15) is 0 Å². The van der Waals surface area contributed by atoms with Crippen LogP contribution in [0.5, 0.6) is 0 Å². The molecule has 1 aliphatic rings. The molecule has 1 aliphatic carbocycles. The molecule has 1 N–H and O–H groups in total. The Kier molecular flexibility index (Phi) is 5.07. The quantitative estimate of drug-likeness (QED) is 0.668. The van der Waals surface area contributed by atoms with Crippen LogP contribution in [-0.2, 0) is 16.8 Å². The van der Waals surface area contributed by atoms with Gasteiger partial charge in [-0.25, -0.2) is 9.97 Å². The maximum Gasteiger partial charge on any atom is 0.230 e. The molecule has 0 aliphatic heterocycles. The molecule has 0 spiro atoms. The van der Waals surface area contributed by atoms with Crippen LogP contribution in [0.15, 0.2) is 65.8 Å². The van der Waals surface area contributed by atoms with Crippen LogP contribution >= 0.6 is 15.9 Å². The molecule has 0 bridgehead atoms. The van der Waals surface area contributed by atoms with E-state index in [1.807, 2.05) is 35.0 Å². The number of carbonyl (C=O) groups is 1. The van der Waals surface area contributed by atoms with Gasteiger partial charge in [0.25, 0.3) is 0 Å². The normalized spacial score (nSPS) is 15.6. The minimum Gasteiger partial charge on any atom is -0.351 e. The Morgan fingerprint density at radius 1 is 1.22 bits per heavy atom. The van der Waals surface area contributed by atoms with Crippen molar-refractivity contribution in [3.63, 3.8) is 0 Å². The molecule has 3 aromatic rings. The third-order valence-electron chi connectivity index (χ3n) is 5.30. The standard InChI is InChI=1S/C21H21BrN4O/c22-18-5-3-4-17(12-18)21(8-1-2-9-21)20(27)25-14-16-6-7-19(24-13-16)26-11-10-23-15-26/h3-7,10-13,15H,1-2,8-9,14H2,(H,25,27). The lowest BCUT2D eigenvalue weighted by Crippen LogP contribution is -2.42. The molecule has 4 rings (SSSR count). The zero-order valence-corrected chi connectivity index (χ0v) is 16.5. The van der Waals surface area contributed by atoms with Crippen LogP contribution in [0.3, 0.4) is 0 Å². The van der Waals surface area contributed by atoms with Gasteiger partial charge >= 0.3 is 0 Å². The van der Waals surface area contributed by atoms with Gasteiger partial charge in [-0.05, 0) is 42.2 Å². The van der Waals surface area contributed by atoms with E-state index in [2.05, 4.69) is 43.3 Å². The minimum absolute atomic E-state index is 0.108. The number of nitrogens with zero attached hydrogens (tertiary/aromatic N) is 3. The van der Waals surface area contributed by atoms with E-state index in [0.717, 1.165) is 47.1 Å². The molecule has 1 amide bonds. The smallest absolute Gasteiger partial charge is 0.230 e. The lowest BCUT2D eigenvalue weighted by molar-refractivity contribution is -0.126. The van der Waals surface area contributed by atoms with E-state index < -0.39 is 5.41 Å². The van der Waals surface area contributed by atoms with E-state index in [1.54, 1.807) is 18.7 Å². The fraction of sp³-hybridized carbons (Fsp3) is 0.286. The average molecular weight is 425 g/mol. The Morgan fingerprint density at radius 2 is 2.07 bits per heavy atom. The summed E-state index contributed by atoms with van der Waals surface area (Å²) in [6, 6.07) is 12.1. The predicted octanol–water partition coefficient (Wildman–Crippen LogP) is 4.16. The third-order valence-corrected chi connectivity index (χ3v) is 5.79. The number of carbonyl (C=O) groups excluding carboxylic acids is 1. The van der Waals surface area contributed by atoms with Crippen molar-refractivity contribution in [1.29, 1.82) is 0 Å². The van der Waals surface area contributed by atoms with E-state index >= 15 is 0 Å². The largest absolute Gasteiger partial charge is 0.351 e. The summed E-state index contributed by atoms with van der Waals surface area (Å²) in [6.07, 6.45) is 11.1. The second kappa shape index (κ2) is 7.64. The van der Waals surface area contributed by atoms with Gasteiger partial charge < -0.3 is 5.32 Å². The minimum atomic E-state index is -0.423. The van der Waals surface area contributed by atoms with E-state index in [4.69, 9.17) is 0 Å². The fourth-order valence-electron chi connectivity index (χ4n) is 3.83. The summed E-state index contributed by atoms with van der Waals surface area (Å²) < 4.78 is 2.86. The number of amides is 1. The summed E-state index contributed by atoms with van der Waals surface area (Å²) in [5, 5.41) is 3.14. The summed E-state index contributed by atoms with van der Waals surface area (Å²) in [4.78, 5) is 21.6. The van der Waals surface area contributed by atoms with Crippen LogP contribution in [-0.4, -0.2) is 20.4 Å². The van der Waals surface area contributed by atoms with Gasteiger partial charge in [0.1, 0.15) is 12.1 Å². The van der Waals surface area contributed by atoms with Crippen LogP contribution < -0.4 is 5.32 Å². The van der Waals surface area contributed by atoms with Crippen molar-refractivity contribution in [2.24, 2.45) is 0 Å². The Bertz CT molecular complexity index is 916. The van der Waals surface area contributed by atoms with Crippen molar-refractivity contribution in [1.82, 2.24) is 19.9 Å². The first-order valence-corrected chi connectivity index (χ1v) is 9.94. The maximum atomic E-state index is 13.1. The van der Waals surface area contributed by atoms with Crippen LogP contribution in [0, 0.1) is 0 Å². The van der Waals surface area contributed by atoms with E-state index in [1.165, 1.54) is 0 Å². The molecule has 0 radical (unpaired) electrons. The summed E-state index contributed by atoms with van der Waals surface area (Å²) in [7, 11) is 0. The summed E-state index contributed by atoms with van der Waals surface area (Å²) in [5.74, 6) is 0.917. The zero-order chi connectivity index (χ0) is 18.7. The van der Waals surface area contributed by atoms with Gasteiger partial charge in [0.15, 0.2) is 0 Å². The highest BCUT2D eigenvalue weighted by Crippen LogP contribution is 2.42. The predicted molar refractivity (Wildman–Crippen MR) is 107 cm³/mol. The van der Waals surface area contributed by atoms with Gasteiger partial charge in [-0.15, -0.1) is 0 Å². The SMILES string of the molecule is O=C(NCc1ccc(-n2ccnc2)nc1)C1(c2cccc(Br)c2)CCCC1. The van der Waals surface area contributed by atoms with Crippen molar-refractivity contribution in [2.45, 2.75) is 37.6 Å². The summed E-state index contributed by atoms with van der Waals surface area (Å²) >= 11 is 3.53. The van der Waals surface area contributed by atoms with Gasteiger partial charge in [0.2, 0.25) is 5.91 Å². The molecular formula is C21H21BrN4O. The number of hydrogen-bond acceptors (Lipinski definition) is 3. The highest BCUT2D eigenvalue weighted by Gasteiger charge is 2.42. The van der Waals surface area contributed by atoms with Gasteiger partial charge in [-0.1, -0.05) is 47.0 Å². The van der Waals surface area contributed by atoms with Crippen molar-refractivity contribution >= 4 is 21.8 Å².